The number of hydrogen-bond donors (Lipinski definition) is 0. The first-order valence-electron chi connectivity index (χ1n) is 5.50. The minimum absolute atomic E-state index is 0.369. The summed E-state index contributed by atoms with van der Waals surface area (Å²) in [6, 6.07) is 0. The van der Waals surface area contributed by atoms with Gasteiger partial charge < -0.3 is 14.2 Å². The Morgan fingerprint density at radius 2 is 1.67 bits per heavy atom. The van der Waals surface area contributed by atoms with Crippen LogP contribution in [-0.2, 0) is 28.6 Å². The van der Waals surface area contributed by atoms with Crippen LogP contribution < -0.4 is 0 Å². The fourth-order valence-electron chi connectivity index (χ4n) is 1.94. The van der Waals surface area contributed by atoms with E-state index in [0.29, 0.717) is 6.42 Å². The van der Waals surface area contributed by atoms with Crippen molar-refractivity contribution in [3.63, 3.8) is 0 Å². The van der Waals surface area contributed by atoms with Gasteiger partial charge in [-0.15, -0.1) is 0 Å². The molecule has 100 valence electrons. The normalized spacial score (nSPS) is 21.8. The highest BCUT2D eigenvalue weighted by Crippen LogP contribution is 2.29. The molecule has 1 aliphatic carbocycles. The molecule has 0 saturated carbocycles. The maximum atomic E-state index is 11.6. The molecule has 2 atom stereocenters. The SMILES string of the molecule is COC(=O)C(C(=O)OC)[C@@H]1C=C[C@H](OC(C)=O)C1. The monoisotopic (exact) mass is 256 g/mol. The predicted molar refractivity (Wildman–Crippen MR) is 60.3 cm³/mol. The molecule has 0 aromatic heterocycles. The number of methoxy groups -OCH3 is 2. The van der Waals surface area contributed by atoms with Crippen LogP contribution in [0.25, 0.3) is 0 Å². The van der Waals surface area contributed by atoms with Gasteiger partial charge in [0, 0.05) is 12.8 Å². The maximum Gasteiger partial charge on any atom is 0.320 e. The van der Waals surface area contributed by atoms with E-state index in [1.54, 1.807) is 12.2 Å². The first-order chi connectivity index (χ1) is 8.49. The topological polar surface area (TPSA) is 78.9 Å². The molecule has 0 N–H and O–H groups in total. The molecule has 0 unspecified atom stereocenters. The molecule has 1 aliphatic rings. The number of rotatable bonds is 4. The first kappa shape index (κ1) is 14.2. The lowest BCUT2D eigenvalue weighted by atomic mass is 9.91. The Balaban J connectivity index is 2.72. The Morgan fingerprint density at radius 3 is 2.11 bits per heavy atom. The quantitative estimate of drug-likeness (QED) is 0.314. The molecule has 0 aromatic carbocycles. The first-order valence-corrected chi connectivity index (χ1v) is 5.50. The van der Waals surface area contributed by atoms with Crippen molar-refractivity contribution < 1.29 is 28.6 Å². The lowest BCUT2D eigenvalue weighted by molar-refractivity contribution is -0.160. The maximum absolute atomic E-state index is 11.6. The highest BCUT2D eigenvalue weighted by Gasteiger charge is 2.39. The van der Waals surface area contributed by atoms with Crippen molar-refractivity contribution in [3.8, 4) is 0 Å². The molecule has 0 spiro atoms. The number of allylic oxidation sites excluding steroid dienone is 1. The smallest absolute Gasteiger partial charge is 0.320 e. The van der Waals surface area contributed by atoms with E-state index in [9.17, 15) is 14.4 Å². The number of carbonyl (C=O) groups excluding carboxylic acids is 3. The second kappa shape index (κ2) is 6.18. The second-order valence-electron chi connectivity index (χ2n) is 3.96. The molecule has 6 heteroatoms. The van der Waals surface area contributed by atoms with Gasteiger partial charge in [0.1, 0.15) is 6.10 Å². The van der Waals surface area contributed by atoms with Crippen molar-refractivity contribution in [2.24, 2.45) is 11.8 Å². The van der Waals surface area contributed by atoms with Crippen LogP contribution in [0.3, 0.4) is 0 Å². The molecule has 1 rings (SSSR count). The Kier molecular flexibility index (Phi) is 4.88. The minimum atomic E-state index is -1.02. The van der Waals surface area contributed by atoms with Gasteiger partial charge in [-0.3, -0.25) is 14.4 Å². The lowest BCUT2D eigenvalue weighted by Gasteiger charge is -2.18. The molecular formula is C12H16O6. The summed E-state index contributed by atoms with van der Waals surface area (Å²) < 4.78 is 14.2. The van der Waals surface area contributed by atoms with E-state index in [0.717, 1.165) is 0 Å². The minimum Gasteiger partial charge on any atom is -0.468 e. The zero-order chi connectivity index (χ0) is 13.7. The van der Waals surface area contributed by atoms with Gasteiger partial charge in [0.15, 0.2) is 5.92 Å². The van der Waals surface area contributed by atoms with Crippen LogP contribution in [0.15, 0.2) is 12.2 Å². The third-order valence-electron chi connectivity index (χ3n) is 2.73. The standard InChI is InChI=1S/C12H16O6/c1-7(13)18-9-5-4-8(6-9)10(11(14)16-2)12(15)17-3/h4-5,8-10H,6H2,1-3H3/t8-,9+/m1/s1. The molecule has 0 heterocycles. The van der Waals surface area contributed by atoms with Crippen LogP contribution in [0.1, 0.15) is 13.3 Å². The van der Waals surface area contributed by atoms with Crippen molar-refractivity contribution >= 4 is 17.9 Å². The summed E-state index contributed by atoms with van der Waals surface area (Å²) in [7, 11) is 2.42. The van der Waals surface area contributed by atoms with Crippen molar-refractivity contribution in [1.29, 1.82) is 0 Å². The molecule has 0 aromatic rings. The summed E-state index contributed by atoms with van der Waals surface area (Å²) in [4.78, 5) is 33.9. The molecule has 0 fully saturated rings. The Bertz CT molecular complexity index is 357. The van der Waals surface area contributed by atoms with Gasteiger partial charge in [-0.05, 0) is 12.5 Å². The van der Waals surface area contributed by atoms with E-state index in [2.05, 4.69) is 9.47 Å². The van der Waals surface area contributed by atoms with Crippen LogP contribution in [0.5, 0.6) is 0 Å². The van der Waals surface area contributed by atoms with E-state index >= 15 is 0 Å². The third-order valence-corrected chi connectivity index (χ3v) is 2.73. The number of hydrogen-bond acceptors (Lipinski definition) is 6. The van der Waals surface area contributed by atoms with Gasteiger partial charge >= 0.3 is 17.9 Å². The summed E-state index contributed by atoms with van der Waals surface area (Å²) in [6.07, 6.45) is 3.29. The predicted octanol–water partition coefficient (Wildman–Crippen LogP) is 0.456. The van der Waals surface area contributed by atoms with Gasteiger partial charge in [-0.2, -0.15) is 0 Å². The van der Waals surface area contributed by atoms with Crippen LogP contribution in [0.4, 0.5) is 0 Å². The fraction of sp³-hybridized carbons (Fsp3) is 0.583. The summed E-state index contributed by atoms with van der Waals surface area (Å²) in [5.41, 5.74) is 0. The van der Waals surface area contributed by atoms with Gasteiger partial charge in [-0.25, -0.2) is 0 Å². The van der Waals surface area contributed by atoms with E-state index in [-0.39, 0.29) is 5.92 Å². The highest BCUT2D eigenvalue weighted by molar-refractivity contribution is 5.95. The average molecular weight is 256 g/mol. The van der Waals surface area contributed by atoms with E-state index in [1.165, 1.54) is 21.1 Å². The van der Waals surface area contributed by atoms with Gasteiger partial charge in [0.05, 0.1) is 14.2 Å². The van der Waals surface area contributed by atoms with Crippen molar-refractivity contribution in [1.82, 2.24) is 0 Å². The Labute approximate surface area is 105 Å². The molecule has 0 aliphatic heterocycles. The largest absolute Gasteiger partial charge is 0.468 e. The Morgan fingerprint density at radius 1 is 1.11 bits per heavy atom. The molecule has 0 radical (unpaired) electrons. The second-order valence-corrected chi connectivity index (χ2v) is 3.96. The van der Waals surface area contributed by atoms with Crippen molar-refractivity contribution in [2.45, 2.75) is 19.4 Å². The number of esters is 3. The molecular weight excluding hydrogens is 240 g/mol. The zero-order valence-corrected chi connectivity index (χ0v) is 10.5. The highest BCUT2D eigenvalue weighted by atomic mass is 16.5. The Hall–Kier alpha value is -1.85. The molecule has 6 nitrogen and oxygen atoms in total. The van der Waals surface area contributed by atoms with Crippen LogP contribution >= 0.6 is 0 Å². The summed E-state index contributed by atoms with van der Waals surface area (Å²) in [5.74, 6) is -3.11. The van der Waals surface area contributed by atoms with E-state index in [1.807, 2.05) is 0 Å². The van der Waals surface area contributed by atoms with E-state index in [4.69, 9.17) is 4.74 Å². The number of ether oxygens (including phenoxy) is 3. The van der Waals surface area contributed by atoms with E-state index < -0.39 is 29.9 Å². The molecule has 18 heavy (non-hydrogen) atoms. The number of carbonyl (C=O) groups is 3. The average Bonchev–Trinajstić information content (AvgIpc) is 2.76. The molecule has 0 saturated heterocycles. The van der Waals surface area contributed by atoms with Gasteiger partial charge in [0.2, 0.25) is 0 Å². The molecule has 0 bridgehead atoms. The molecule has 0 amide bonds. The lowest BCUT2D eigenvalue weighted by Crippen LogP contribution is -2.32. The zero-order valence-electron chi connectivity index (χ0n) is 10.5. The summed E-state index contributed by atoms with van der Waals surface area (Å²) in [5, 5.41) is 0. The third kappa shape index (κ3) is 3.32. The van der Waals surface area contributed by atoms with Crippen molar-refractivity contribution in [2.75, 3.05) is 14.2 Å². The fourth-order valence-corrected chi connectivity index (χ4v) is 1.94. The van der Waals surface area contributed by atoms with Gasteiger partial charge in [-0.1, -0.05) is 6.08 Å². The van der Waals surface area contributed by atoms with Crippen LogP contribution in [0, 0.1) is 11.8 Å². The summed E-state index contributed by atoms with van der Waals surface area (Å²) in [6.45, 7) is 1.30. The summed E-state index contributed by atoms with van der Waals surface area (Å²) >= 11 is 0. The van der Waals surface area contributed by atoms with Crippen LogP contribution in [-0.4, -0.2) is 38.2 Å². The van der Waals surface area contributed by atoms with Crippen molar-refractivity contribution in [3.05, 3.63) is 12.2 Å². The van der Waals surface area contributed by atoms with Gasteiger partial charge in [0.25, 0.3) is 0 Å². The van der Waals surface area contributed by atoms with Crippen LogP contribution in [0.2, 0.25) is 0 Å².